The van der Waals surface area contributed by atoms with Gasteiger partial charge in [-0.3, -0.25) is 4.79 Å². The Morgan fingerprint density at radius 2 is 2.00 bits per heavy atom. The number of rotatable bonds is 4. The number of ether oxygens (including phenoxy) is 1. The fraction of sp³-hybridized carbons (Fsp3) is 0.353. The summed E-state index contributed by atoms with van der Waals surface area (Å²) in [7, 11) is 1.67. The SMILES string of the molecule is CCO.COc1ccc2cccc(CCNC(C)=O)c2c1. The minimum absolute atomic E-state index is 0.00724. The molecule has 0 aliphatic rings. The number of fused-ring (bicyclic) bond motifs is 1. The van der Waals surface area contributed by atoms with Crippen LogP contribution in [0.2, 0.25) is 0 Å². The summed E-state index contributed by atoms with van der Waals surface area (Å²) in [5.74, 6) is 0.863. The second kappa shape index (κ2) is 8.97. The number of nitrogens with one attached hydrogen (secondary N) is 1. The van der Waals surface area contributed by atoms with Crippen molar-refractivity contribution >= 4 is 16.7 Å². The monoisotopic (exact) mass is 289 g/mol. The second-order valence-electron chi connectivity index (χ2n) is 4.55. The average molecular weight is 289 g/mol. The van der Waals surface area contributed by atoms with Crippen molar-refractivity contribution in [2.75, 3.05) is 20.3 Å². The van der Waals surface area contributed by atoms with E-state index in [0.29, 0.717) is 6.54 Å². The summed E-state index contributed by atoms with van der Waals surface area (Å²) in [5.41, 5.74) is 1.22. The summed E-state index contributed by atoms with van der Waals surface area (Å²) in [6.07, 6.45) is 0.823. The smallest absolute Gasteiger partial charge is 0.216 e. The van der Waals surface area contributed by atoms with Gasteiger partial charge in [-0.2, -0.15) is 0 Å². The molecule has 21 heavy (non-hydrogen) atoms. The van der Waals surface area contributed by atoms with Crippen molar-refractivity contribution in [1.82, 2.24) is 5.32 Å². The van der Waals surface area contributed by atoms with Gasteiger partial charge < -0.3 is 15.2 Å². The fourth-order valence-corrected chi connectivity index (χ4v) is 2.03. The third-order valence-electron chi connectivity index (χ3n) is 2.95. The zero-order chi connectivity index (χ0) is 15.7. The van der Waals surface area contributed by atoms with Crippen LogP contribution in [0.25, 0.3) is 10.8 Å². The third kappa shape index (κ3) is 5.44. The van der Waals surface area contributed by atoms with Crippen LogP contribution in [0.4, 0.5) is 0 Å². The summed E-state index contributed by atoms with van der Waals surface area (Å²) in [6, 6.07) is 12.3. The molecule has 0 saturated carbocycles. The molecule has 114 valence electrons. The molecular weight excluding hydrogens is 266 g/mol. The maximum atomic E-state index is 10.9. The molecule has 2 N–H and O–H groups in total. The first-order valence-corrected chi connectivity index (χ1v) is 7.03. The topological polar surface area (TPSA) is 58.6 Å². The first kappa shape index (κ1) is 17.0. The van der Waals surface area contributed by atoms with Crippen LogP contribution in [0.5, 0.6) is 5.75 Å². The predicted octanol–water partition coefficient (Wildman–Crippen LogP) is 2.53. The van der Waals surface area contributed by atoms with E-state index in [1.54, 1.807) is 14.0 Å². The molecule has 2 aromatic carbocycles. The van der Waals surface area contributed by atoms with E-state index in [1.807, 2.05) is 18.2 Å². The van der Waals surface area contributed by atoms with Crippen molar-refractivity contribution in [3.05, 3.63) is 42.0 Å². The highest BCUT2D eigenvalue weighted by Crippen LogP contribution is 2.24. The number of carbonyl (C=O) groups excluding carboxylic acids is 1. The Morgan fingerprint density at radius 3 is 2.62 bits per heavy atom. The Morgan fingerprint density at radius 1 is 1.29 bits per heavy atom. The molecular formula is C17H23NO3. The number of carbonyl (C=O) groups is 1. The van der Waals surface area contributed by atoms with E-state index in [2.05, 4.69) is 23.5 Å². The van der Waals surface area contributed by atoms with Crippen LogP contribution in [-0.4, -0.2) is 31.3 Å². The van der Waals surface area contributed by atoms with Gasteiger partial charge in [0.15, 0.2) is 0 Å². The molecule has 0 unspecified atom stereocenters. The lowest BCUT2D eigenvalue weighted by Gasteiger charge is -2.08. The van der Waals surface area contributed by atoms with Crippen molar-refractivity contribution in [3.8, 4) is 5.75 Å². The molecule has 0 radical (unpaired) electrons. The number of hydrogen-bond acceptors (Lipinski definition) is 3. The molecule has 0 spiro atoms. The van der Waals surface area contributed by atoms with E-state index in [0.717, 1.165) is 12.2 Å². The lowest BCUT2D eigenvalue weighted by atomic mass is 10.0. The van der Waals surface area contributed by atoms with Gasteiger partial charge in [-0.05, 0) is 41.8 Å². The Hall–Kier alpha value is -2.07. The maximum Gasteiger partial charge on any atom is 0.216 e. The lowest BCUT2D eigenvalue weighted by molar-refractivity contribution is -0.118. The molecule has 4 nitrogen and oxygen atoms in total. The van der Waals surface area contributed by atoms with Crippen LogP contribution >= 0.6 is 0 Å². The fourth-order valence-electron chi connectivity index (χ4n) is 2.03. The van der Waals surface area contributed by atoms with E-state index in [9.17, 15) is 4.79 Å². The highest BCUT2D eigenvalue weighted by atomic mass is 16.5. The van der Waals surface area contributed by atoms with Crippen molar-refractivity contribution in [3.63, 3.8) is 0 Å². The van der Waals surface area contributed by atoms with Gasteiger partial charge in [-0.1, -0.05) is 24.3 Å². The number of aliphatic hydroxyl groups is 1. The highest BCUT2D eigenvalue weighted by Gasteiger charge is 2.03. The van der Waals surface area contributed by atoms with Gasteiger partial charge in [-0.25, -0.2) is 0 Å². The normalized spacial score (nSPS) is 9.71. The molecule has 2 aromatic rings. The molecule has 4 heteroatoms. The maximum absolute atomic E-state index is 10.9. The molecule has 0 aliphatic carbocycles. The summed E-state index contributed by atoms with van der Waals surface area (Å²) in [4.78, 5) is 10.9. The van der Waals surface area contributed by atoms with Crippen LogP contribution in [0.1, 0.15) is 19.4 Å². The van der Waals surface area contributed by atoms with Gasteiger partial charge in [0.1, 0.15) is 5.75 Å². The molecule has 0 heterocycles. The Balaban J connectivity index is 0.000000677. The third-order valence-corrected chi connectivity index (χ3v) is 2.95. The zero-order valence-electron chi connectivity index (χ0n) is 12.8. The largest absolute Gasteiger partial charge is 0.497 e. The Labute approximate surface area is 125 Å². The molecule has 0 atom stereocenters. The van der Waals surface area contributed by atoms with E-state index in [1.165, 1.54) is 23.3 Å². The lowest BCUT2D eigenvalue weighted by Crippen LogP contribution is -2.22. The molecule has 1 amide bonds. The van der Waals surface area contributed by atoms with E-state index >= 15 is 0 Å². The zero-order valence-corrected chi connectivity index (χ0v) is 12.8. The highest BCUT2D eigenvalue weighted by molar-refractivity contribution is 5.87. The van der Waals surface area contributed by atoms with Crippen LogP contribution in [0.15, 0.2) is 36.4 Å². The van der Waals surface area contributed by atoms with Gasteiger partial charge in [0.2, 0.25) is 5.91 Å². The van der Waals surface area contributed by atoms with Crippen molar-refractivity contribution in [2.45, 2.75) is 20.3 Å². The summed E-state index contributed by atoms with van der Waals surface area (Å²) in [6.45, 7) is 4.12. The quantitative estimate of drug-likeness (QED) is 0.909. The molecule has 0 saturated heterocycles. The summed E-state index contributed by atoms with van der Waals surface area (Å²) >= 11 is 0. The van der Waals surface area contributed by atoms with Gasteiger partial charge >= 0.3 is 0 Å². The van der Waals surface area contributed by atoms with Gasteiger partial charge in [0.05, 0.1) is 7.11 Å². The summed E-state index contributed by atoms with van der Waals surface area (Å²) < 4.78 is 5.25. The minimum Gasteiger partial charge on any atom is -0.497 e. The van der Waals surface area contributed by atoms with E-state index in [-0.39, 0.29) is 12.5 Å². The molecule has 0 aliphatic heterocycles. The van der Waals surface area contributed by atoms with Crippen molar-refractivity contribution in [1.29, 1.82) is 0 Å². The van der Waals surface area contributed by atoms with Crippen molar-refractivity contribution in [2.24, 2.45) is 0 Å². The van der Waals surface area contributed by atoms with Crippen LogP contribution in [-0.2, 0) is 11.2 Å². The number of benzene rings is 2. The molecule has 2 rings (SSSR count). The average Bonchev–Trinajstić information content (AvgIpc) is 2.47. The molecule has 0 fully saturated rings. The Bertz CT molecular complexity index is 581. The number of methoxy groups -OCH3 is 1. The number of amides is 1. The number of aliphatic hydroxyl groups excluding tert-OH is 1. The Kier molecular flexibility index (Phi) is 7.26. The van der Waals surface area contributed by atoms with Crippen LogP contribution in [0.3, 0.4) is 0 Å². The van der Waals surface area contributed by atoms with Crippen LogP contribution < -0.4 is 10.1 Å². The minimum atomic E-state index is 0.00724. The van der Waals surface area contributed by atoms with Gasteiger partial charge in [-0.15, -0.1) is 0 Å². The van der Waals surface area contributed by atoms with Crippen LogP contribution in [0, 0.1) is 0 Å². The number of hydrogen-bond donors (Lipinski definition) is 2. The predicted molar refractivity (Wildman–Crippen MR) is 85.6 cm³/mol. The first-order valence-electron chi connectivity index (χ1n) is 7.03. The van der Waals surface area contributed by atoms with E-state index < -0.39 is 0 Å². The van der Waals surface area contributed by atoms with Gasteiger partial charge in [0, 0.05) is 20.1 Å². The standard InChI is InChI=1S/C15H17NO2.C2H6O/c1-11(17)16-9-8-13-5-3-4-12-6-7-14(18-2)10-15(12)13;1-2-3/h3-7,10H,8-9H2,1-2H3,(H,16,17);3H,2H2,1H3. The van der Waals surface area contributed by atoms with E-state index in [4.69, 9.17) is 9.84 Å². The second-order valence-corrected chi connectivity index (χ2v) is 4.55. The van der Waals surface area contributed by atoms with Gasteiger partial charge in [0.25, 0.3) is 0 Å². The molecule has 0 bridgehead atoms. The first-order chi connectivity index (χ1) is 10.1. The molecule has 0 aromatic heterocycles. The summed E-state index contributed by atoms with van der Waals surface area (Å²) in [5, 5.41) is 12.8. The van der Waals surface area contributed by atoms with Crippen molar-refractivity contribution < 1.29 is 14.6 Å².